The Bertz CT molecular complexity index is 519. The van der Waals surface area contributed by atoms with Crippen molar-refractivity contribution in [3.63, 3.8) is 0 Å². The zero-order valence-electron chi connectivity index (χ0n) is 15.3. The fraction of sp³-hybridized carbons (Fsp3) is 0.632. The summed E-state index contributed by atoms with van der Waals surface area (Å²) in [5.74, 6) is 2.27. The van der Waals surface area contributed by atoms with Gasteiger partial charge in [-0.2, -0.15) is 0 Å². The molecule has 1 heterocycles. The second-order valence-corrected chi connectivity index (χ2v) is 6.34. The molecule has 0 unspecified atom stereocenters. The minimum Gasteiger partial charge on any atom is -0.493 e. The molecule has 1 saturated heterocycles. The topological polar surface area (TPSA) is 59.6 Å². The standard InChI is InChI=1S/C19H30N2O3.ClH/c1-3-12-24-17-6-4-16(13-18(17)23-2)14-21-19(22)7-5-15-8-10-20-11-9-15;/h4,6,13,15,20H,3,5,7-12,14H2,1-2H3,(H,21,22);1H. The first-order valence-corrected chi connectivity index (χ1v) is 9.00. The summed E-state index contributed by atoms with van der Waals surface area (Å²) >= 11 is 0. The summed E-state index contributed by atoms with van der Waals surface area (Å²) in [7, 11) is 1.63. The molecule has 1 amide bonds. The Morgan fingerprint density at radius 2 is 2.04 bits per heavy atom. The first-order chi connectivity index (χ1) is 11.7. The molecule has 0 spiro atoms. The van der Waals surface area contributed by atoms with Crippen molar-refractivity contribution in [2.24, 2.45) is 5.92 Å². The third-order valence-electron chi connectivity index (χ3n) is 4.42. The van der Waals surface area contributed by atoms with E-state index in [9.17, 15) is 4.79 Å². The molecule has 0 aliphatic carbocycles. The molecule has 142 valence electrons. The highest BCUT2D eigenvalue weighted by Crippen LogP contribution is 2.28. The van der Waals surface area contributed by atoms with Crippen LogP contribution in [0, 0.1) is 5.92 Å². The normalized spacial score (nSPS) is 14.5. The first kappa shape index (κ1) is 21.6. The molecule has 1 aliphatic heterocycles. The number of rotatable bonds is 9. The highest BCUT2D eigenvalue weighted by Gasteiger charge is 2.14. The molecule has 1 aromatic carbocycles. The number of hydrogen-bond donors (Lipinski definition) is 2. The SMILES string of the molecule is CCCOc1ccc(CNC(=O)CCC2CCNCC2)cc1OC.Cl. The van der Waals surface area contributed by atoms with Crippen LogP contribution in [0.25, 0.3) is 0 Å². The van der Waals surface area contributed by atoms with Crippen molar-refractivity contribution in [1.82, 2.24) is 10.6 Å². The van der Waals surface area contributed by atoms with E-state index >= 15 is 0 Å². The number of carbonyl (C=O) groups excluding carboxylic acids is 1. The Morgan fingerprint density at radius 3 is 2.72 bits per heavy atom. The lowest BCUT2D eigenvalue weighted by Crippen LogP contribution is -2.29. The van der Waals surface area contributed by atoms with Gasteiger partial charge in [0.1, 0.15) is 0 Å². The lowest BCUT2D eigenvalue weighted by molar-refractivity contribution is -0.121. The van der Waals surface area contributed by atoms with Crippen molar-refractivity contribution in [3.05, 3.63) is 23.8 Å². The van der Waals surface area contributed by atoms with Gasteiger partial charge in [-0.1, -0.05) is 13.0 Å². The molecule has 25 heavy (non-hydrogen) atoms. The van der Waals surface area contributed by atoms with Gasteiger partial charge in [-0.05, 0) is 62.4 Å². The van der Waals surface area contributed by atoms with Gasteiger partial charge in [0.05, 0.1) is 13.7 Å². The number of benzene rings is 1. The first-order valence-electron chi connectivity index (χ1n) is 9.00. The number of piperidine rings is 1. The summed E-state index contributed by atoms with van der Waals surface area (Å²) in [6, 6.07) is 5.81. The molecule has 1 aromatic rings. The zero-order chi connectivity index (χ0) is 17.2. The summed E-state index contributed by atoms with van der Waals surface area (Å²) < 4.78 is 11.0. The molecule has 6 heteroatoms. The maximum Gasteiger partial charge on any atom is 0.220 e. The zero-order valence-corrected chi connectivity index (χ0v) is 16.1. The van der Waals surface area contributed by atoms with Crippen LogP contribution >= 0.6 is 12.4 Å². The molecule has 2 N–H and O–H groups in total. The number of ether oxygens (including phenoxy) is 2. The van der Waals surface area contributed by atoms with E-state index in [0.29, 0.717) is 31.2 Å². The van der Waals surface area contributed by atoms with Gasteiger partial charge in [-0.15, -0.1) is 12.4 Å². The van der Waals surface area contributed by atoms with E-state index < -0.39 is 0 Å². The Morgan fingerprint density at radius 1 is 1.28 bits per heavy atom. The predicted molar refractivity (Wildman–Crippen MR) is 103 cm³/mol. The van der Waals surface area contributed by atoms with Crippen LogP contribution in [0.15, 0.2) is 18.2 Å². The Labute approximate surface area is 157 Å². The quantitative estimate of drug-likeness (QED) is 0.700. The lowest BCUT2D eigenvalue weighted by atomic mass is 9.93. The Balaban J connectivity index is 0.00000312. The van der Waals surface area contributed by atoms with Crippen LogP contribution in [-0.2, 0) is 11.3 Å². The molecule has 5 nitrogen and oxygen atoms in total. The summed E-state index contributed by atoms with van der Waals surface area (Å²) in [5, 5.41) is 6.36. The Hall–Kier alpha value is -1.46. The van der Waals surface area contributed by atoms with Crippen LogP contribution in [0.2, 0.25) is 0 Å². The summed E-state index contributed by atoms with van der Waals surface area (Å²) in [5.41, 5.74) is 1.02. The fourth-order valence-electron chi connectivity index (χ4n) is 2.95. The summed E-state index contributed by atoms with van der Waals surface area (Å²) in [6.07, 6.45) is 4.92. The maximum absolute atomic E-state index is 12.0. The van der Waals surface area contributed by atoms with Crippen LogP contribution in [0.4, 0.5) is 0 Å². The van der Waals surface area contributed by atoms with Crippen molar-refractivity contribution in [1.29, 1.82) is 0 Å². The minimum absolute atomic E-state index is 0. The molecule has 0 radical (unpaired) electrons. The molecule has 0 bridgehead atoms. The largest absolute Gasteiger partial charge is 0.493 e. The van der Waals surface area contributed by atoms with Gasteiger partial charge < -0.3 is 20.1 Å². The highest BCUT2D eigenvalue weighted by atomic mass is 35.5. The molecule has 1 fully saturated rings. The van der Waals surface area contributed by atoms with E-state index in [0.717, 1.165) is 37.2 Å². The van der Waals surface area contributed by atoms with Crippen molar-refractivity contribution in [2.75, 3.05) is 26.8 Å². The van der Waals surface area contributed by atoms with E-state index in [4.69, 9.17) is 9.47 Å². The van der Waals surface area contributed by atoms with Gasteiger partial charge in [0.2, 0.25) is 5.91 Å². The van der Waals surface area contributed by atoms with E-state index in [2.05, 4.69) is 17.6 Å². The van der Waals surface area contributed by atoms with Crippen LogP contribution < -0.4 is 20.1 Å². The van der Waals surface area contributed by atoms with Crippen molar-refractivity contribution >= 4 is 18.3 Å². The predicted octanol–water partition coefficient (Wildman–Crippen LogP) is 3.30. The molecular weight excluding hydrogens is 340 g/mol. The van der Waals surface area contributed by atoms with Gasteiger partial charge in [-0.3, -0.25) is 4.79 Å². The number of nitrogens with one attached hydrogen (secondary N) is 2. The second-order valence-electron chi connectivity index (χ2n) is 6.34. The third-order valence-corrected chi connectivity index (χ3v) is 4.42. The van der Waals surface area contributed by atoms with Crippen LogP contribution in [0.3, 0.4) is 0 Å². The van der Waals surface area contributed by atoms with E-state index in [1.165, 1.54) is 12.8 Å². The minimum atomic E-state index is 0. The summed E-state index contributed by atoms with van der Waals surface area (Å²) in [4.78, 5) is 12.0. The van der Waals surface area contributed by atoms with Gasteiger partial charge >= 0.3 is 0 Å². The van der Waals surface area contributed by atoms with Gasteiger partial charge in [0, 0.05) is 13.0 Å². The number of hydrogen-bond acceptors (Lipinski definition) is 4. The van der Waals surface area contributed by atoms with Gasteiger partial charge in [0.15, 0.2) is 11.5 Å². The Kier molecular flexibility index (Phi) is 10.3. The van der Waals surface area contributed by atoms with Crippen molar-refractivity contribution in [3.8, 4) is 11.5 Å². The molecule has 0 aromatic heterocycles. The molecule has 2 rings (SSSR count). The van der Waals surface area contributed by atoms with E-state index in [1.54, 1.807) is 7.11 Å². The number of amides is 1. The highest BCUT2D eigenvalue weighted by molar-refractivity contribution is 5.85. The smallest absolute Gasteiger partial charge is 0.220 e. The van der Waals surface area contributed by atoms with Crippen LogP contribution in [0.5, 0.6) is 11.5 Å². The molecule has 0 atom stereocenters. The molecule has 0 saturated carbocycles. The van der Waals surface area contributed by atoms with E-state index in [1.807, 2.05) is 18.2 Å². The van der Waals surface area contributed by atoms with Crippen molar-refractivity contribution < 1.29 is 14.3 Å². The second kappa shape index (κ2) is 12.0. The lowest BCUT2D eigenvalue weighted by Gasteiger charge is -2.22. The molecular formula is C19H31ClN2O3. The average Bonchev–Trinajstić information content (AvgIpc) is 2.64. The fourth-order valence-corrected chi connectivity index (χ4v) is 2.95. The maximum atomic E-state index is 12.0. The number of halogens is 1. The monoisotopic (exact) mass is 370 g/mol. The third kappa shape index (κ3) is 7.53. The van der Waals surface area contributed by atoms with Crippen LogP contribution in [0.1, 0.15) is 44.6 Å². The van der Waals surface area contributed by atoms with E-state index in [-0.39, 0.29) is 18.3 Å². The number of methoxy groups -OCH3 is 1. The average molecular weight is 371 g/mol. The van der Waals surface area contributed by atoms with Crippen molar-refractivity contribution in [2.45, 2.75) is 45.6 Å². The molecule has 1 aliphatic rings. The van der Waals surface area contributed by atoms with Gasteiger partial charge in [-0.25, -0.2) is 0 Å². The summed E-state index contributed by atoms with van der Waals surface area (Å²) in [6.45, 7) is 5.43. The number of carbonyl (C=O) groups is 1. The van der Waals surface area contributed by atoms with Gasteiger partial charge in [0.25, 0.3) is 0 Å². The van der Waals surface area contributed by atoms with Crippen LogP contribution in [-0.4, -0.2) is 32.7 Å².